The van der Waals surface area contributed by atoms with E-state index < -0.39 is 10.2 Å². The van der Waals surface area contributed by atoms with Crippen molar-refractivity contribution >= 4 is 16.0 Å². The number of aromatic nitrogens is 2. The molecule has 24 heavy (non-hydrogen) atoms. The molecule has 0 radical (unpaired) electrons. The van der Waals surface area contributed by atoms with E-state index in [1.807, 2.05) is 7.05 Å². The molecule has 0 saturated carbocycles. The van der Waals surface area contributed by atoms with Crippen molar-refractivity contribution in [3.63, 3.8) is 0 Å². The third-order valence-electron chi connectivity index (χ3n) is 4.81. The third kappa shape index (κ3) is 3.13. The zero-order valence-electron chi connectivity index (χ0n) is 14.8. The fourth-order valence-electron chi connectivity index (χ4n) is 3.34. The molecule has 3 rings (SSSR count). The zero-order valence-corrected chi connectivity index (χ0v) is 15.6. The lowest BCUT2D eigenvalue weighted by atomic mass is 10.0. The zero-order chi connectivity index (χ0) is 17.5. The number of anilines is 1. The largest absolute Gasteiger partial charge is 0.373 e. The minimum absolute atomic E-state index is 0.0526. The van der Waals surface area contributed by atoms with Crippen molar-refractivity contribution in [2.24, 2.45) is 0 Å². The van der Waals surface area contributed by atoms with E-state index >= 15 is 0 Å². The van der Waals surface area contributed by atoms with Gasteiger partial charge in [-0.15, -0.1) is 0 Å². The Morgan fingerprint density at radius 3 is 2.67 bits per heavy atom. The van der Waals surface area contributed by atoms with Crippen molar-refractivity contribution < 1.29 is 8.42 Å². The van der Waals surface area contributed by atoms with Crippen molar-refractivity contribution in [3.8, 4) is 0 Å². The second kappa shape index (κ2) is 6.55. The fourth-order valence-corrected chi connectivity index (χ4v) is 4.50. The SMILES string of the molecule is CNc1nc(C2CCN(S(=O)(=O)N(C)C)C2)nc2c1CN(C)CC2. The van der Waals surface area contributed by atoms with Gasteiger partial charge in [0.05, 0.1) is 5.69 Å². The van der Waals surface area contributed by atoms with E-state index in [1.165, 1.54) is 8.61 Å². The summed E-state index contributed by atoms with van der Waals surface area (Å²) in [4.78, 5) is 11.7. The van der Waals surface area contributed by atoms with E-state index in [4.69, 9.17) is 9.97 Å². The van der Waals surface area contributed by atoms with Crippen molar-refractivity contribution in [1.29, 1.82) is 0 Å². The van der Waals surface area contributed by atoms with Crippen LogP contribution in [0.5, 0.6) is 0 Å². The maximum Gasteiger partial charge on any atom is 0.281 e. The van der Waals surface area contributed by atoms with Gasteiger partial charge in [-0.3, -0.25) is 0 Å². The number of hydrogen-bond donors (Lipinski definition) is 1. The lowest BCUT2D eigenvalue weighted by Gasteiger charge is -2.27. The minimum atomic E-state index is -3.37. The molecule has 1 aromatic rings. The lowest BCUT2D eigenvalue weighted by Crippen LogP contribution is -2.38. The van der Waals surface area contributed by atoms with Crippen LogP contribution in [0.2, 0.25) is 0 Å². The maximum atomic E-state index is 12.3. The van der Waals surface area contributed by atoms with Crippen molar-refractivity contribution in [2.75, 3.05) is 53.1 Å². The summed E-state index contributed by atoms with van der Waals surface area (Å²) in [5.74, 6) is 1.69. The number of hydrogen-bond acceptors (Lipinski definition) is 6. The standard InChI is InChI=1S/C15H26N6O2S/c1-16-15-12-10-20(4)7-6-13(12)17-14(18-15)11-5-8-21(9-11)24(22,23)19(2)3/h11H,5-10H2,1-4H3,(H,16,17,18). The summed E-state index contributed by atoms with van der Waals surface area (Å²) in [6, 6.07) is 0. The Morgan fingerprint density at radius 1 is 1.25 bits per heavy atom. The molecular weight excluding hydrogens is 328 g/mol. The van der Waals surface area contributed by atoms with Crippen LogP contribution in [0.3, 0.4) is 0 Å². The summed E-state index contributed by atoms with van der Waals surface area (Å²) < 4.78 is 27.4. The molecule has 0 aliphatic carbocycles. The predicted molar refractivity (Wildman–Crippen MR) is 93.2 cm³/mol. The van der Waals surface area contributed by atoms with Gasteiger partial charge in [0.15, 0.2) is 0 Å². The Labute approximate surface area is 144 Å². The summed E-state index contributed by atoms with van der Waals surface area (Å²) in [5, 5.41) is 3.18. The maximum absolute atomic E-state index is 12.3. The van der Waals surface area contributed by atoms with Crippen LogP contribution in [0.4, 0.5) is 5.82 Å². The Bertz CT molecular complexity index is 704. The van der Waals surface area contributed by atoms with E-state index in [9.17, 15) is 8.42 Å². The fraction of sp³-hybridized carbons (Fsp3) is 0.733. The number of nitrogens with zero attached hydrogens (tertiary/aromatic N) is 5. The van der Waals surface area contributed by atoms with E-state index in [2.05, 4.69) is 17.3 Å². The van der Waals surface area contributed by atoms with Gasteiger partial charge in [0, 0.05) is 65.2 Å². The molecule has 0 spiro atoms. The molecule has 1 saturated heterocycles. The normalized spacial score (nSPS) is 22.8. The van der Waals surface area contributed by atoms with E-state index in [0.29, 0.717) is 13.1 Å². The van der Waals surface area contributed by atoms with Gasteiger partial charge >= 0.3 is 0 Å². The minimum Gasteiger partial charge on any atom is -0.373 e. The number of rotatable bonds is 4. The summed E-state index contributed by atoms with van der Waals surface area (Å²) >= 11 is 0. The molecule has 1 atom stereocenters. The quantitative estimate of drug-likeness (QED) is 0.826. The van der Waals surface area contributed by atoms with Gasteiger partial charge in [0.2, 0.25) is 0 Å². The van der Waals surface area contributed by atoms with Gasteiger partial charge < -0.3 is 10.2 Å². The molecule has 2 aliphatic heterocycles. The summed E-state index contributed by atoms with van der Waals surface area (Å²) in [5.41, 5.74) is 2.25. The molecule has 2 aliphatic rings. The van der Waals surface area contributed by atoms with Crippen molar-refractivity contribution in [3.05, 3.63) is 17.1 Å². The monoisotopic (exact) mass is 354 g/mol. The highest BCUT2D eigenvalue weighted by molar-refractivity contribution is 7.86. The molecular formula is C15H26N6O2S. The smallest absolute Gasteiger partial charge is 0.281 e. The van der Waals surface area contributed by atoms with Gasteiger partial charge in [-0.05, 0) is 13.5 Å². The number of nitrogens with one attached hydrogen (secondary N) is 1. The van der Waals surface area contributed by atoms with Crippen LogP contribution in [-0.4, -0.2) is 79.7 Å². The first kappa shape index (κ1) is 17.5. The van der Waals surface area contributed by atoms with E-state index in [0.717, 1.165) is 48.8 Å². The second-order valence-corrected chi connectivity index (χ2v) is 8.87. The van der Waals surface area contributed by atoms with Crippen LogP contribution < -0.4 is 5.32 Å². The van der Waals surface area contributed by atoms with Crippen LogP contribution in [0, 0.1) is 0 Å². The molecule has 0 aromatic carbocycles. The molecule has 8 nitrogen and oxygen atoms in total. The number of fused-ring (bicyclic) bond motifs is 1. The van der Waals surface area contributed by atoms with Crippen LogP contribution in [0.15, 0.2) is 0 Å². The van der Waals surface area contributed by atoms with Crippen LogP contribution in [0.25, 0.3) is 0 Å². The van der Waals surface area contributed by atoms with Crippen molar-refractivity contribution in [1.82, 2.24) is 23.5 Å². The Kier molecular flexibility index (Phi) is 4.78. The first-order valence-electron chi connectivity index (χ1n) is 8.26. The first-order valence-corrected chi connectivity index (χ1v) is 9.66. The Morgan fingerprint density at radius 2 is 2.00 bits per heavy atom. The molecule has 1 unspecified atom stereocenters. The average molecular weight is 354 g/mol. The van der Waals surface area contributed by atoms with Gasteiger partial charge in [-0.1, -0.05) is 0 Å². The molecule has 1 aromatic heterocycles. The van der Waals surface area contributed by atoms with E-state index in [-0.39, 0.29) is 5.92 Å². The molecule has 9 heteroatoms. The average Bonchev–Trinajstić information content (AvgIpc) is 3.04. The highest BCUT2D eigenvalue weighted by Gasteiger charge is 2.35. The number of likely N-dealkylation sites (N-methyl/N-ethyl adjacent to an activating group) is 1. The van der Waals surface area contributed by atoms with Gasteiger partial charge in [0.1, 0.15) is 11.6 Å². The second-order valence-electron chi connectivity index (χ2n) is 6.73. The summed E-state index contributed by atoms with van der Waals surface area (Å²) in [6.45, 7) is 2.79. The van der Waals surface area contributed by atoms with E-state index in [1.54, 1.807) is 14.1 Å². The highest BCUT2D eigenvalue weighted by atomic mass is 32.2. The summed E-state index contributed by atoms with van der Waals surface area (Å²) in [7, 11) is 3.73. The first-order chi connectivity index (χ1) is 11.3. The molecule has 0 amide bonds. The van der Waals surface area contributed by atoms with Gasteiger partial charge in [0.25, 0.3) is 10.2 Å². The lowest BCUT2D eigenvalue weighted by molar-refractivity contribution is 0.309. The predicted octanol–water partition coefficient (Wildman–Crippen LogP) is 0.102. The third-order valence-corrected chi connectivity index (χ3v) is 6.72. The molecule has 0 bridgehead atoms. The molecule has 1 fully saturated rings. The Hall–Kier alpha value is -1.29. The van der Waals surface area contributed by atoms with Crippen LogP contribution in [-0.2, 0) is 23.2 Å². The summed E-state index contributed by atoms with van der Waals surface area (Å²) in [6.07, 6.45) is 1.66. The van der Waals surface area contributed by atoms with Crippen LogP contribution in [0.1, 0.15) is 29.4 Å². The molecule has 134 valence electrons. The Balaban J connectivity index is 1.86. The van der Waals surface area contributed by atoms with Gasteiger partial charge in [-0.2, -0.15) is 17.0 Å². The van der Waals surface area contributed by atoms with Crippen LogP contribution >= 0.6 is 0 Å². The molecule has 3 heterocycles. The highest BCUT2D eigenvalue weighted by Crippen LogP contribution is 2.31. The molecule has 1 N–H and O–H groups in total. The topological polar surface area (TPSA) is 81.7 Å². The van der Waals surface area contributed by atoms with Crippen molar-refractivity contribution in [2.45, 2.75) is 25.3 Å². The van der Waals surface area contributed by atoms with Gasteiger partial charge in [-0.25, -0.2) is 9.97 Å².